The third-order valence-corrected chi connectivity index (χ3v) is 1.79. The zero-order valence-electron chi connectivity index (χ0n) is 6.82. The first-order valence-electron chi connectivity index (χ1n) is 3.53. The van der Waals surface area contributed by atoms with Crippen LogP contribution in [0, 0.1) is 0 Å². The minimum absolute atomic E-state index is 0.149. The van der Waals surface area contributed by atoms with Crippen molar-refractivity contribution < 1.29 is 19.9 Å². The molecule has 0 fully saturated rings. The number of aromatic carboxylic acids is 1. The Hall–Kier alpha value is -1.59. The summed E-state index contributed by atoms with van der Waals surface area (Å²) in [5, 5.41) is 17.3. The average molecular weight is 216 g/mol. The van der Waals surface area contributed by atoms with E-state index in [1.165, 1.54) is 17.6 Å². The summed E-state index contributed by atoms with van der Waals surface area (Å²) in [6, 6.07) is 3.71. The molecule has 0 aliphatic heterocycles. The van der Waals surface area contributed by atoms with Crippen molar-refractivity contribution in [3.05, 3.63) is 34.3 Å². The van der Waals surface area contributed by atoms with Gasteiger partial charge in [-0.3, -0.25) is 10.0 Å². The van der Waals surface area contributed by atoms with Crippen LogP contribution in [0.15, 0.2) is 18.2 Å². The highest BCUT2D eigenvalue weighted by Gasteiger charge is 2.16. The van der Waals surface area contributed by atoms with Gasteiger partial charge in [0.15, 0.2) is 0 Å². The Balaban J connectivity index is 3.28. The summed E-state index contributed by atoms with van der Waals surface area (Å²) in [5.41, 5.74) is 0.942. The van der Waals surface area contributed by atoms with Crippen molar-refractivity contribution in [2.75, 3.05) is 0 Å². The molecule has 1 amide bonds. The highest BCUT2D eigenvalue weighted by atomic mass is 35.5. The molecule has 0 aliphatic rings. The molecule has 0 spiro atoms. The summed E-state index contributed by atoms with van der Waals surface area (Å²) >= 11 is 5.55. The molecule has 1 rings (SSSR count). The Kier molecular flexibility index (Phi) is 3.06. The van der Waals surface area contributed by atoms with Crippen LogP contribution in [0.25, 0.3) is 0 Å². The van der Waals surface area contributed by atoms with E-state index in [0.29, 0.717) is 0 Å². The standard InChI is InChI=1S/C8H6ClNO4/c9-4-1-2-5(7(11)10-14)6(3-4)8(12)13/h1-3,14H,(H,10,11)(H,12,13). The van der Waals surface area contributed by atoms with Crippen molar-refractivity contribution in [3.8, 4) is 0 Å². The second-order valence-corrected chi connectivity index (χ2v) is 2.87. The molecular weight excluding hydrogens is 210 g/mol. The Morgan fingerprint density at radius 2 is 1.93 bits per heavy atom. The molecule has 0 heterocycles. The number of hydrogen-bond acceptors (Lipinski definition) is 3. The molecule has 74 valence electrons. The molecule has 3 N–H and O–H groups in total. The molecule has 1 aromatic carbocycles. The van der Waals surface area contributed by atoms with Crippen molar-refractivity contribution in [1.82, 2.24) is 5.48 Å². The molecule has 0 radical (unpaired) electrons. The van der Waals surface area contributed by atoms with E-state index in [1.54, 1.807) is 0 Å². The van der Waals surface area contributed by atoms with E-state index >= 15 is 0 Å². The van der Waals surface area contributed by atoms with Crippen LogP contribution >= 0.6 is 11.6 Å². The number of rotatable bonds is 2. The van der Waals surface area contributed by atoms with Crippen LogP contribution in [0.2, 0.25) is 5.02 Å². The van der Waals surface area contributed by atoms with Crippen molar-refractivity contribution >= 4 is 23.5 Å². The molecule has 0 saturated carbocycles. The summed E-state index contributed by atoms with van der Waals surface area (Å²) in [5.74, 6) is -2.18. The Labute approximate surface area is 83.9 Å². The topological polar surface area (TPSA) is 86.6 Å². The van der Waals surface area contributed by atoms with Crippen LogP contribution in [0.5, 0.6) is 0 Å². The highest BCUT2D eigenvalue weighted by molar-refractivity contribution is 6.31. The zero-order chi connectivity index (χ0) is 10.7. The van der Waals surface area contributed by atoms with E-state index in [9.17, 15) is 9.59 Å². The normalized spacial score (nSPS) is 9.57. The number of nitrogens with one attached hydrogen (secondary N) is 1. The summed E-state index contributed by atoms with van der Waals surface area (Å²) in [7, 11) is 0. The maximum atomic E-state index is 11.0. The van der Waals surface area contributed by atoms with Crippen molar-refractivity contribution in [2.24, 2.45) is 0 Å². The lowest BCUT2D eigenvalue weighted by atomic mass is 10.1. The number of carboxylic acids is 1. The molecule has 1 aromatic rings. The van der Waals surface area contributed by atoms with Gasteiger partial charge in [0.25, 0.3) is 5.91 Å². The summed E-state index contributed by atoms with van der Waals surface area (Å²) in [6.07, 6.45) is 0. The molecule has 5 nitrogen and oxygen atoms in total. The van der Waals surface area contributed by atoms with Crippen molar-refractivity contribution in [3.63, 3.8) is 0 Å². The molecule has 14 heavy (non-hydrogen) atoms. The first-order valence-corrected chi connectivity index (χ1v) is 3.91. The quantitative estimate of drug-likeness (QED) is 0.510. The summed E-state index contributed by atoms with van der Waals surface area (Å²) < 4.78 is 0. The third kappa shape index (κ3) is 2.01. The molecule has 0 bridgehead atoms. The minimum Gasteiger partial charge on any atom is -0.478 e. The largest absolute Gasteiger partial charge is 0.478 e. The second kappa shape index (κ2) is 4.08. The van der Waals surface area contributed by atoms with Crippen molar-refractivity contribution in [1.29, 1.82) is 0 Å². The van der Waals surface area contributed by atoms with Gasteiger partial charge in [-0.05, 0) is 18.2 Å². The van der Waals surface area contributed by atoms with Gasteiger partial charge in [-0.25, -0.2) is 10.3 Å². The number of carbonyl (C=O) groups excluding carboxylic acids is 1. The average Bonchev–Trinajstić information content (AvgIpc) is 2.16. The lowest BCUT2D eigenvalue weighted by Crippen LogP contribution is -2.21. The fourth-order valence-corrected chi connectivity index (χ4v) is 1.12. The van der Waals surface area contributed by atoms with Gasteiger partial charge in [0, 0.05) is 5.02 Å². The monoisotopic (exact) mass is 215 g/mol. The van der Waals surface area contributed by atoms with Crippen LogP contribution in [0.1, 0.15) is 20.7 Å². The lowest BCUT2D eigenvalue weighted by molar-refractivity contribution is 0.0662. The number of hydrogen-bond donors (Lipinski definition) is 3. The van der Waals surface area contributed by atoms with Gasteiger partial charge in [-0.2, -0.15) is 0 Å². The van der Waals surface area contributed by atoms with Crippen LogP contribution in [-0.4, -0.2) is 22.2 Å². The maximum absolute atomic E-state index is 11.0. The Bertz CT molecular complexity index is 391. The fraction of sp³-hybridized carbons (Fsp3) is 0. The van der Waals surface area contributed by atoms with Crippen molar-refractivity contribution in [2.45, 2.75) is 0 Å². The number of halogens is 1. The van der Waals surface area contributed by atoms with Gasteiger partial charge in [-0.15, -0.1) is 0 Å². The van der Waals surface area contributed by atoms with Crippen LogP contribution in [0.3, 0.4) is 0 Å². The number of hydroxylamine groups is 1. The molecule has 0 saturated heterocycles. The van der Waals surface area contributed by atoms with Gasteiger partial charge >= 0.3 is 5.97 Å². The van der Waals surface area contributed by atoms with E-state index in [-0.39, 0.29) is 16.1 Å². The number of amides is 1. The van der Waals surface area contributed by atoms with Gasteiger partial charge in [0.2, 0.25) is 0 Å². The highest BCUT2D eigenvalue weighted by Crippen LogP contribution is 2.16. The van der Waals surface area contributed by atoms with E-state index in [4.69, 9.17) is 21.9 Å². The number of benzene rings is 1. The van der Waals surface area contributed by atoms with Crippen LogP contribution < -0.4 is 5.48 Å². The second-order valence-electron chi connectivity index (χ2n) is 2.44. The van der Waals surface area contributed by atoms with E-state index in [2.05, 4.69) is 0 Å². The number of carboxylic acid groups (broad SMARTS) is 1. The van der Waals surface area contributed by atoms with E-state index in [1.807, 2.05) is 0 Å². The zero-order valence-corrected chi connectivity index (χ0v) is 7.58. The summed E-state index contributed by atoms with van der Waals surface area (Å²) in [4.78, 5) is 21.7. The molecule has 0 atom stereocenters. The van der Waals surface area contributed by atoms with E-state index in [0.717, 1.165) is 6.07 Å². The fourth-order valence-electron chi connectivity index (χ4n) is 0.952. The molecular formula is C8H6ClNO4. The number of carbonyl (C=O) groups is 2. The SMILES string of the molecule is O=C(O)c1cc(Cl)ccc1C(=O)NO. The Morgan fingerprint density at radius 1 is 1.29 bits per heavy atom. The predicted molar refractivity (Wildman–Crippen MR) is 47.7 cm³/mol. The van der Waals surface area contributed by atoms with Crippen LogP contribution in [0.4, 0.5) is 0 Å². The predicted octanol–water partition coefficient (Wildman–Crippen LogP) is 1.16. The van der Waals surface area contributed by atoms with Gasteiger partial charge in [0.1, 0.15) is 0 Å². The molecule has 6 heteroatoms. The van der Waals surface area contributed by atoms with E-state index < -0.39 is 11.9 Å². The van der Waals surface area contributed by atoms with Gasteiger partial charge in [0.05, 0.1) is 11.1 Å². The Morgan fingerprint density at radius 3 is 2.43 bits per heavy atom. The lowest BCUT2D eigenvalue weighted by Gasteiger charge is -2.03. The maximum Gasteiger partial charge on any atom is 0.336 e. The first kappa shape index (κ1) is 10.5. The summed E-state index contributed by atoms with van der Waals surface area (Å²) in [6.45, 7) is 0. The first-order chi connectivity index (χ1) is 6.56. The van der Waals surface area contributed by atoms with Crippen LogP contribution in [-0.2, 0) is 0 Å². The van der Waals surface area contributed by atoms with Gasteiger partial charge < -0.3 is 5.11 Å². The minimum atomic E-state index is -1.29. The molecule has 0 aromatic heterocycles. The van der Waals surface area contributed by atoms with Gasteiger partial charge in [-0.1, -0.05) is 11.6 Å². The third-order valence-electron chi connectivity index (χ3n) is 1.56. The smallest absolute Gasteiger partial charge is 0.336 e. The molecule has 0 unspecified atom stereocenters. The molecule has 0 aliphatic carbocycles.